The lowest BCUT2D eigenvalue weighted by Crippen LogP contribution is -2.47. The highest BCUT2D eigenvalue weighted by Gasteiger charge is 2.32. The Morgan fingerprint density at radius 1 is 1.15 bits per heavy atom. The number of nitrogens with one attached hydrogen (secondary N) is 1. The summed E-state index contributed by atoms with van der Waals surface area (Å²) in [5, 5.41) is 2.77. The number of ketones is 1. The van der Waals surface area contributed by atoms with Crippen molar-refractivity contribution in [3.05, 3.63) is 54.1 Å². The van der Waals surface area contributed by atoms with Gasteiger partial charge in [-0.15, -0.1) is 0 Å². The fraction of sp³-hybridized carbons (Fsp3) is 0.250. The molecule has 0 radical (unpaired) electrons. The van der Waals surface area contributed by atoms with Crippen molar-refractivity contribution in [1.82, 2.24) is 0 Å². The smallest absolute Gasteiger partial charge is 0.348 e. The maximum absolute atomic E-state index is 12.6. The van der Waals surface area contributed by atoms with Crippen LogP contribution in [0.4, 0.5) is 11.4 Å². The van der Waals surface area contributed by atoms with Crippen LogP contribution < -0.4 is 15.0 Å². The molecule has 2 aromatic carbocycles. The molecule has 1 N–H and O–H groups in total. The Morgan fingerprint density at radius 3 is 2.59 bits per heavy atom. The molecule has 1 atom stereocenters. The molecule has 0 saturated carbocycles. The van der Waals surface area contributed by atoms with E-state index in [4.69, 9.17) is 9.47 Å². The Kier molecular flexibility index (Phi) is 5.40. The van der Waals surface area contributed by atoms with Crippen molar-refractivity contribution in [1.29, 1.82) is 0 Å². The van der Waals surface area contributed by atoms with Gasteiger partial charge in [-0.1, -0.05) is 24.3 Å². The van der Waals surface area contributed by atoms with Crippen LogP contribution in [0, 0.1) is 0 Å². The highest BCUT2D eigenvalue weighted by molar-refractivity contribution is 6.04. The van der Waals surface area contributed by atoms with Crippen molar-refractivity contribution in [2.24, 2.45) is 0 Å². The summed E-state index contributed by atoms with van der Waals surface area (Å²) in [6.45, 7) is 1.63. The van der Waals surface area contributed by atoms with Gasteiger partial charge in [0.05, 0.1) is 31.6 Å². The van der Waals surface area contributed by atoms with E-state index in [1.807, 2.05) is 12.1 Å². The second kappa shape index (κ2) is 7.90. The molecule has 2 aromatic rings. The van der Waals surface area contributed by atoms with E-state index < -0.39 is 12.1 Å². The number of carbonyl (C=O) groups excluding carboxylic acids is 3. The average Bonchev–Trinajstić information content (AvgIpc) is 2.67. The van der Waals surface area contributed by atoms with Crippen LogP contribution in [0.2, 0.25) is 0 Å². The molecule has 27 heavy (non-hydrogen) atoms. The molecule has 1 heterocycles. The van der Waals surface area contributed by atoms with E-state index in [0.29, 0.717) is 22.7 Å². The molecule has 1 aliphatic heterocycles. The highest BCUT2D eigenvalue weighted by atomic mass is 16.6. The summed E-state index contributed by atoms with van der Waals surface area (Å²) in [6, 6.07) is 14.0. The van der Waals surface area contributed by atoms with Gasteiger partial charge in [0.2, 0.25) is 12.0 Å². The van der Waals surface area contributed by atoms with Crippen LogP contribution in [-0.2, 0) is 14.3 Å². The number of rotatable bonds is 5. The molecule has 0 unspecified atom stereocenters. The molecule has 1 aliphatic rings. The van der Waals surface area contributed by atoms with Crippen molar-refractivity contribution in [3.63, 3.8) is 0 Å². The van der Waals surface area contributed by atoms with Gasteiger partial charge >= 0.3 is 5.97 Å². The molecule has 140 valence electrons. The highest BCUT2D eigenvalue weighted by Crippen LogP contribution is 2.33. The van der Waals surface area contributed by atoms with Gasteiger partial charge in [-0.05, 0) is 31.2 Å². The zero-order valence-corrected chi connectivity index (χ0v) is 15.1. The summed E-state index contributed by atoms with van der Waals surface area (Å²) in [6.07, 6.45) is -0.817. The first-order valence-corrected chi connectivity index (χ1v) is 8.48. The van der Waals surface area contributed by atoms with E-state index >= 15 is 0 Å². The average molecular weight is 368 g/mol. The van der Waals surface area contributed by atoms with E-state index in [2.05, 4.69) is 5.32 Å². The molecule has 7 nitrogen and oxygen atoms in total. The number of anilines is 2. The maximum atomic E-state index is 12.6. The zero-order valence-electron chi connectivity index (χ0n) is 15.1. The summed E-state index contributed by atoms with van der Waals surface area (Å²) in [7, 11) is 1.29. The van der Waals surface area contributed by atoms with Crippen molar-refractivity contribution >= 4 is 29.0 Å². The first-order chi connectivity index (χ1) is 13.0. The number of hydrogen-bond donors (Lipinski definition) is 1. The van der Waals surface area contributed by atoms with Crippen molar-refractivity contribution in [2.75, 3.05) is 30.4 Å². The molecule has 0 aromatic heterocycles. The van der Waals surface area contributed by atoms with Gasteiger partial charge in [-0.3, -0.25) is 9.59 Å². The van der Waals surface area contributed by atoms with E-state index in [0.717, 1.165) is 0 Å². The third-order valence-electron chi connectivity index (χ3n) is 4.24. The Morgan fingerprint density at radius 2 is 1.85 bits per heavy atom. The number of benzene rings is 2. The lowest BCUT2D eigenvalue weighted by Gasteiger charge is -2.34. The topological polar surface area (TPSA) is 84.9 Å². The van der Waals surface area contributed by atoms with Crippen molar-refractivity contribution in [3.8, 4) is 5.75 Å². The zero-order chi connectivity index (χ0) is 19.4. The third kappa shape index (κ3) is 4.08. The minimum atomic E-state index is -0.817. The van der Waals surface area contributed by atoms with E-state index in [9.17, 15) is 14.4 Å². The number of Topliss-reactive ketones (excluding diaryl/α,β-unsaturated/α-hetero) is 1. The Hall–Kier alpha value is -3.35. The number of ether oxygens (including phenoxy) is 2. The van der Waals surface area contributed by atoms with Crippen LogP contribution in [0.3, 0.4) is 0 Å². The van der Waals surface area contributed by atoms with Gasteiger partial charge in [0.25, 0.3) is 0 Å². The van der Waals surface area contributed by atoms with Crippen molar-refractivity contribution < 1.29 is 23.9 Å². The molecule has 0 aliphatic carbocycles. The van der Waals surface area contributed by atoms with Crippen LogP contribution in [0.25, 0.3) is 0 Å². The lowest BCUT2D eigenvalue weighted by atomic mass is 10.1. The van der Waals surface area contributed by atoms with Crippen LogP contribution in [-0.4, -0.2) is 44.0 Å². The van der Waals surface area contributed by atoms with E-state index in [-0.39, 0.29) is 24.8 Å². The Bertz CT molecular complexity index is 880. The predicted molar refractivity (Wildman–Crippen MR) is 100 cm³/mol. The first kappa shape index (κ1) is 18.4. The first-order valence-electron chi connectivity index (χ1n) is 8.48. The number of nitrogens with zero attached hydrogens (tertiary/aromatic N) is 1. The summed E-state index contributed by atoms with van der Waals surface area (Å²) in [5.74, 6) is -0.426. The number of amides is 1. The molecule has 3 rings (SSSR count). The lowest BCUT2D eigenvalue weighted by molar-refractivity contribution is -0.148. The van der Waals surface area contributed by atoms with Gasteiger partial charge in [-0.25, -0.2) is 4.79 Å². The molecule has 0 spiro atoms. The van der Waals surface area contributed by atoms with E-state index in [1.165, 1.54) is 14.0 Å². The van der Waals surface area contributed by atoms with Crippen LogP contribution in [0.1, 0.15) is 17.3 Å². The number of methoxy groups -OCH3 is 1. The summed E-state index contributed by atoms with van der Waals surface area (Å²) in [4.78, 5) is 38.0. The van der Waals surface area contributed by atoms with Crippen LogP contribution in [0.5, 0.6) is 5.75 Å². The maximum Gasteiger partial charge on any atom is 0.348 e. The monoisotopic (exact) mass is 368 g/mol. The van der Waals surface area contributed by atoms with Gasteiger partial charge in [0.15, 0.2) is 5.78 Å². The van der Waals surface area contributed by atoms with Crippen LogP contribution >= 0.6 is 0 Å². The minimum Gasteiger partial charge on any atom is -0.475 e. The van der Waals surface area contributed by atoms with Crippen molar-refractivity contribution in [2.45, 2.75) is 13.0 Å². The number of carbonyl (C=O) groups is 3. The standard InChI is InChI=1S/C20H20N2O5/c1-13(23)14-7-3-4-8-15(14)21-19(24)12-22-11-18(20(25)26-2)27-17-10-6-5-9-16(17)22/h3-10,18H,11-12H2,1-2H3,(H,21,24)/t18-/m0/s1. The van der Waals surface area contributed by atoms with Crippen LogP contribution in [0.15, 0.2) is 48.5 Å². The second-order valence-electron chi connectivity index (χ2n) is 6.13. The number of hydrogen-bond acceptors (Lipinski definition) is 6. The minimum absolute atomic E-state index is 0.000106. The Labute approximate surface area is 156 Å². The normalized spacial score (nSPS) is 15.3. The summed E-state index contributed by atoms with van der Waals surface area (Å²) in [5.41, 5.74) is 1.62. The summed E-state index contributed by atoms with van der Waals surface area (Å²) >= 11 is 0. The van der Waals surface area contributed by atoms with E-state index in [1.54, 1.807) is 41.3 Å². The fourth-order valence-corrected chi connectivity index (χ4v) is 2.97. The van der Waals surface area contributed by atoms with Gasteiger partial charge in [-0.2, -0.15) is 0 Å². The third-order valence-corrected chi connectivity index (χ3v) is 4.24. The molecule has 0 fully saturated rings. The molecule has 0 bridgehead atoms. The largest absolute Gasteiger partial charge is 0.475 e. The predicted octanol–water partition coefficient (Wildman–Crippen LogP) is 2.27. The summed E-state index contributed by atoms with van der Waals surface area (Å²) < 4.78 is 10.4. The quantitative estimate of drug-likeness (QED) is 0.644. The number of para-hydroxylation sites is 3. The van der Waals surface area contributed by atoms with Gasteiger partial charge in [0, 0.05) is 5.56 Å². The molecular weight excluding hydrogens is 348 g/mol. The number of esters is 1. The van der Waals surface area contributed by atoms with Gasteiger partial charge < -0.3 is 19.7 Å². The molecule has 7 heteroatoms. The molecule has 0 saturated heterocycles. The second-order valence-corrected chi connectivity index (χ2v) is 6.13. The number of fused-ring (bicyclic) bond motifs is 1. The van der Waals surface area contributed by atoms with Gasteiger partial charge in [0.1, 0.15) is 5.75 Å². The molecular formula is C20H20N2O5. The Balaban J connectivity index is 1.79. The molecule has 1 amide bonds. The SMILES string of the molecule is COC(=O)[C@@H]1CN(CC(=O)Nc2ccccc2C(C)=O)c2ccccc2O1. The fourth-order valence-electron chi connectivity index (χ4n) is 2.97.